The maximum absolute atomic E-state index is 13.5. The fourth-order valence-corrected chi connectivity index (χ4v) is 13.1. The quantitative estimate of drug-likeness (QED) is 0.0363. The zero-order valence-corrected chi connectivity index (χ0v) is 55.2. The summed E-state index contributed by atoms with van der Waals surface area (Å²) in [5, 5.41) is 270. The third-order valence-electron chi connectivity index (χ3n) is 18.8. The van der Waals surface area contributed by atoms with Gasteiger partial charge in [-0.05, 0) is 6.92 Å². The standard InChI is InChI=1S/C57H95N3O43/c1-13-28(71)35(78)40(83)52(91-13)102-48-37(80)31(74)20(8-63)94-55(48)100-45-27(60-16(4)68)51(96-24(32(45)75)12-90-57(56(87)88)5-17(69)25(58-14(2)66)46(103-57)29(72)18(70)6-61)101-47-33(76)23(97-54(42(47)85)99-44-21(9-64)92-49(86)39(82)38(44)81)11-89-50-26(59-15(3)67)34(77)43(22(10-65)95-50)98-53-41(84)36(79)30(73)19(7-62)93-53/h13,17-55,61-65,69-86H,5-12H2,1-4H3,(H,58,66)(H,59,67)(H,60,68)(H,87,88)/t13-,17-,18+,19+,20+,21+,22+,23+,24+,25+,26+,27+,28+,29+,30-,31-,32+,33-,34+,35+,36-,37-,38+,39+,40-,41+,42+,43+,44+,45+,46+,47-,48+,49?,50+,51-,52-,53?,54-,55-,57+/m0/s1. The summed E-state index contributed by atoms with van der Waals surface area (Å²) in [5.74, 6) is -8.27. The number of hydrogen-bond acceptors (Lipinski definition) is 42. The Balaban J connectivity index is 1.19. The first-order valence-corrected chi connectivity index (χ1v) is 32.6. The predicted octanol–water partition coefficient (Wildman–Crippen LogP) is -17.8. The van der Waals surface area contributed by atoms with Crippen LogP contribution in [0.1, 0.15) is 34.1 Å². The van der Waals surface area contributed by atoms with Crippen LogP contribution in [0.5, 0.6) is 0 Å². The molecule has 596 valence electrons. The second kappa shape index (κ2) is 36.3. The molecule has 2 unspecified atom stereocenters. The third-order valence-corrected chi connectivity index (χ3v) is 18.8. The number of ether oxygens (including phenoxy) is 15. The first kappa shape index (κ1) is 85.0. The van der Waals surface area contributed by atoms with Gasteiger partial charge in [0.15, 0.2) is 44.0 Å². The van der Waals surface area contributed by atoms with E-state index >= 15 is 0 Å². The number of carboxylic acid groups (broad SMARTS) is 1. The number of carboxylic acids is 1. The smallest absolute Gasteiger partial charge is 0.364 e. The number of nitrogens with one attached hydrogen (secondary N) is 3. The lowest BCUT2D eigenvalue weighted by Crippen LogP contribution is -2.71. The molecular weight excluding hydrogens is 1410 g/mol. The van der Waals surface area contributed by atoms with Gasteiger partial charge in [-0.2, -0.15) is 0 Å². The number of aliphatic hydroxyl groups excluding tert-OH is 23. The molecule has 3 amide bonds. The van der Waals surface area contributed by atoms with Crippen molar-refractivity contribution in [3.05, 3.63) is 0 Å². The van der Waals surface area contributed by atoms with Crippen LogP contribution in [0.15, 0.2) is 0 Å². The van der Waals surface area contributed by atoms with Crippen molar-refractivity contribution in [1.82, 2.24) is 16.0 Å². The van der Waals surface area contributed by atoms with E-state index in [9.17, 15) is 142 Å². The fourth-order valence-electron chi connectivity index (χ4n) is 13.1. The molecule has 0 saturated carbocycles. The van der Waals surface area contributed by atoms with E-state index in [2.05, 4.69) is 16.0 Å². The van der Waals surface area contributed by atoms with Crippen molar-refractivity contribution in [2.45, 2.75) is 285 Å². The molecule has 0 spiro atoms. The van der Waals surface area contributed by atoms with Crippen molar-refractivity contribution in [3.63, 3.8) is 0 Å². The highest BCUT2D eigenvalue weighted by Gasteiger charge is 2.61. The first-order chi connectivity index (χ1) is 48.5. The Kier molecular flexibility index (Phi) is 29.9. The topological polar surface area (TPSA) is 728 Å². The first-order valence-electron chi connectivity index (χ1n) is 32.6. The minimum Gasteiger partial charge on any atom is -0.477 e. The van der Waals surface area contributed by atoms with Gasteiger partial charge >= 0.3 is 5.97 Å². The van der Waals surface area contributed by atoms with E-state index in [1.807, 2.05) is 0 Å². The minimum absolute atomic E-state index is 0.859. The molecule has 8 rings (SSSR count). The van der Waals surface area contributed by atoms with Crippen molar-refractivity contribution in [1.29, 1.82) is 0 Å². The average Bonchev–Trinajstić information content (AvgIpc) is 0.767. The van der Waals surface area contributed by atoms with E-state index < -0.39 is 327 Å². The van der Waals surface area contributed by atoms with Crippen molar-refractivity contribution in [2.75, 3.05) is 46.2 Å². The molecule has 0 bridgehead atoms. The average molecular weight is 1510 g/mol. The Morgan fingerprint density at radius 3 is 1.43 bits per heavy atom. The molecule has 0 aliphatic carbocycles. The highest BCUT2D eigenvalue weighted by atomic mass is 16.8. The molecule has 0 radical (unpaired) electrons. The van der Waals surface area contributed by atoms with Gasteiger partial charge in [-0.15, -0.1) is 0 Å². The van der Waals surface area contributed by atoms with Gasteiger partial charge < -0.3 is 210 Å². The lowest BCUT2D eigenvalue weighted by atomic mass is 9.88. The number of amides is 3. The molecule has 46 nitrogen and oxygen atoms in total. The Labute approximate surface area is 582 Å². The van der Waals surface area contributed by atoms with Crippen molar-refractivity contribution in [3.8, 4) is 0 Å². The Hall–Kier alpha value is -3.64. The molecule has 8 saturated heterocycles. The number of carbonyl (C=O) groups is 4. The normalized spacial score (nSPS) is 48.3. The van der Waals surface area contributed by atoms with Gasteiger partial charge in [-0.1, -0.05) is 0 Å². The fraction of sp³-hybridized carbons (Fsp3) is 0.930. The summed E-state index contributed by atoms with van der Waals surface area (Å²) < 4.78 is 88.0. The predicted molar refractivity (Wildman–Crippen MR) is 315 cm³/mol. The Morgan fingerprint density at radius 1 is 0.417 bits per heavy atom. The van der Waals surface area contributed by atoms with Crippen molar-refractivity contribution in [2.24, 2.45) is 0 Å². The molecule has 27 N–H and O–H groups in total. The van der Waals surface area contributed by atoms with Gasteiger partial charge in [-0.3, -0.25) is 14.4 Å². The maximum Gasteiger partial charge on any atom is 0.364 e. The van der Waals surface area contributed by atoms with Crippen LogP contribution in [0.25, 0.3) is 0 Å². The number of rotatable bonds is 27. The zero-order chi connectivity index (χ0) is 76.3. The van der Waals surface area contributed by atoms with Crippen molar-refractivity contribution >= 4 is 23.7 Å². The summed E-state index contributed by atoms with van der Waals surface area (Å²) in [6.45, 7) is -3.99. The summed E-state index contributed by atoms with van der Waals surface area (Å²) in [6.07, 6.45) is -79.3. The molecule has 8 heterocycles. The largest absolute Gasteiger partial charge is 0.477 e. The monoisotopic (exact) mass is 1510 g/mol. The second-order valence-electron chi connectivity index (χ2n) is 26.1. The number of hydrogen-bond donors (Lipinski definition) is 27. The van der Waals surface area contributed by atoms with Gasteiger partial charge in [0.2, 0.25) is 17.7 Å². The van der Waals surface area contributed by atoms with E-state index in [1.165, 1.54) is 6.92 Å². The number of carbonyl (C=O) groups excluding carboxylic acids is 3. The SMILES string of the molecule is CC(=O)N[C@H]1[C@H](OC[C@H]2O[C@@H](O[C@H]3[C@H](O)[C@@H](O)C(O)O[C@@H]3CO)[C@H](O)[C@@H](O[C@@H]3O[C@H](CO[C@]4(C(=O)O)C[C@H](O)[C@@H](NC(C)=O)[C@H]([C@H](O)[C@H](O)CO)O4)[C@@H](O)[C@H](O[C@@H]4O[C@H](CO)[C@H](O)[C@H](O)[C@H]4O[C@@H]4O[C@@H](C)[C@@H](O)[C@@H](O)[C@@H]4O)[C@H]3NC(C)=O)[C@H]2O)O[C@H](CO)[C@@H](OC2O[C@H](CO)[C@H](O)[C@H](O)[C@H]2O)[C@@H]1O. The maximum atomic E-state index is 13.5. The van der Waals surface area contributed by atoms with Crippen LogP contribution in [0.4, 0.5) is 0 Å². The summed E-state index contributed by atoms with van der Waals surface area (Å²) in [6, 6.07) is -5.78. The Morgan fingerprint density at radius 2 is 0.854 bits per heavy atom. The summed E-state index contributed by atoms with van der Waals surface area (Å²) in [5.41, 5.74) is 0. The molecular formula is C57H95N3O43. The van der Waals surface area contributed by atoms with Crippen LogP contribution in [-0.2, 0) is 90.2 Å². The van der Waals surface area contributed by atoms with Crippen LogP contribution in [-0.4, -0.2) is 444 Å². The summed E-state index contributed by atoms with van der Waals surface area (Å²) >= 11 is 0. The van der Waals surface area contributed by atoms with Crippen LogP contribution in [0, 0.1) is 0 Å². The van der Waals surface area contributed by atoms with Gasteiger partial charge in [0.05, 0.1) is 64.5 Å². The molecule has 0 aromatic carbocycles. The number of aliphatic hydroxyl groups is 23. The zero-order valence-electron chi connectivity index (χ0n) is 55.2. The van der Waals surface area contributed by atoms with Gasteiger partial charge in [0.25, 0.3) is 5.79 Å². The lowest BCUT2D eigenvalue weighted by Gasteiger charge is -2.51. The lowest BCUT2D eigenvalue weighted by molar-refractivity contribution is -0.393. The Bertz CT molecular complexity index is 2720. The van der Waals surface area contributed by atoms with Gasteiger partial charge in [0.1, 0.15) is 183 Å². The highest BCUT2D eigenvalue weighted by molar-refractivity contribution is 5.77. The molecule has 8 aliphatic heterocycles. The van der Waals surface area contributed by atoms with Crippen molar-refractivity contribution < 1.29 is 213 Å². The van der Waals surface area contributed by atoms with E-state index in [0.717, 1.165) is 20.8 Å². The highest BCUT2D eigenvalue weighted by Crippen LogP contribution is 2.40. The van der Waals surface area contributed by atoms with E-state index in [4.69, 9.17) is 71.1 Å². The van der Waals surface area contributed by atoms with Crippen LogP contribution >= 0.6 is 0 Å². The molecule has 41 atom stereocenters. The molecule has 46 heteroatoms. The van der Waals surface area contributed by atoms with E-state index in [-0.39, 0.29) is 0 Å². The van der Waals surface area contributed by atoms with Crippen LogP contribution in [0.3, 0.4) is 0 Å². The van der Waals surface area contributed by atoms with Crippen LogP contribution < -0.4 is 16.0 Å². The second-order valence-corrected chi connectivity index (χ2v) is 26.1. The number of aliphatic carboxylic acids is 1. The molecule has 0 aromatic heterocycles. The van der Waals surface area contributed by atoms with Gasteiger partial charge in [-0.25, -0.2) is 4.79 Å². The van der Waals surface area contributed by atoms with Crippen LogP contribution in [0.2, 0.25) is 0 Å². The molecule has 8 fully saturated rings. The van der Waals surface area contributed by atoms with E-state index in [0.29, 0.717) is 0 Å². The van der Waals surface area contributed by atoms with Gasteiger partial charge in [0, 0.05) is 27.2 Å². The van der Waals surface area contributed by atoms with E-state index in [1.54, 1.807) is 0 Å². The summed E-state index contributed by atoms with van der Waals surface area (Å²) in [4.78, 5) is 52.1. The molecule has 103 heavy (non-hydrogen) atoms. The summed E-state index contributed by atoms with van der Waals surface area (Å²) in [7, 11) is 0. The molecule has 8 aliphatic rings. The minimum atomic E-state index is -3.25. The molecule has 0 aromatic rings. The third kappa shape index (κ3) is 18.6.